The topological polar surface area (TPSA) is 104 Å². The number of alkyl halides is 6. The fourth-order valence-electron chi connectivity index (χ4n) is 5.95. The van der Waals surface area contributed by atoms with Crippen LogP contribution < -0.4 is 20.9 Å². The minimum Gasteiger partial charge on any atom is -0.368 e. The number of imidazole rings is 1. The molecule has 1 saturated carbocycles. The van der Waals surface area contributed by atoms with Crippen molar-refractivity contribution in [1.29, 1.82) is 0 Å². The van der Waals surface area contributed by atoms with Crippen molar-refractivity contribution in [1.82, 2.24) is 20.2 Å². The lowest BCUT2D eigenvalue weighted by molar-refractivity contribution is -0.178. The predicted octanol–water partition coefficient (Wildman–Crippen LogP) is 7.96. The van der Waals surface area contributed by atoms with Gasteiger partial charge >= 0.3 is 12.4 Å². The van der Waals surface area contributed by atoms with Gasteiger partial charge in [-0.15, -0.1) is 0 Å². The third-order valence-electron chi connectivity index (χ3n) is 8.95. The monoisotopic (exact) mass is 747 g/mol. The number of carbonyl (C=O) groups excluding carboxylic acids is 2. The van der Waals surface area contributed by atoms with Crippen LogP contribution >= 0.6 is 23.2 Å². The zero-order chi connectivity index (χ0) is 36.8. The number of anilines is 3. The molecule has 1 aliphatic heterocycles. The van der Waals surface area contributed by atoms with Crippen LogP contribution in [0.5, 0.6) is 0 Å². The van der Waals surface area contributed by atoms with Crippen molar-refractivity contribution in [3.63, 3.8) is 0 Å². The summed E-state index contributed by atoms with van der Waals surface area (Å²) in [5, 5.41) is 8.89. The fourth-order valence-corrected chi connectivity index (χ4v) is 6.49. The lowest BCUT2D eigenvalue weighted by Crippen LogP contribution is -2.57. The zero-order valence-electron chi connectivity index (χ0n) is 27.8. The first kappa shape index (κ1) is 37.7. The zero-order valence-corrected chi connectivity index (χ0v) is 29.3. The molecule has 3 aromatic rings. The second kappa shape index (κ2) is 14.2. The summed E-state index contributed by atoms with van der Waals surface area (Å²) in [7, 11) is 1.66. The van der Waals surface area contributed by atoms with Gasteiger partial charge in [-0.1, -0.05) is 50.0 Å². The summed E-state index contributed by atoms with van der Waals surface area (Å²) in [6.45, 7) is 5.12. The highest BCUT2D eigenvalue weighted by molar-refractivity contribution is 6.39. The van der Waals surface area contributed by atoms with Gasteiger partial charge in [-0.2, -0.15) is 26.3 Å². The van der Waals surface area contributed by atoms with E-state index in [4.69, 9.17) is 23.2 Å². The van der Waals surface area contributed by atoms with Crippen LogP contribution in [0.25, 0.3) is 11.0 Å². The van der Waals surface area contributed by atoms with Gasteiger partial charge in [-0.05, 0) is 49.4 Å². The molecule has 1 aliphatic carbocycles. The second-order valence-electron chi connectivity index (χ2n) is 13.6. The van der Waals surface area contributed by atoms with E-state index in [2.05, 4.69) is 25.9 Å². The minimum atomic E-state index is -4.55. The molecule has 5 rings (SSSR count). The Morgan fingerprint density at radius 3 is 2.34 bits per heavy atom. The molecule has 0 spiro atoms. The lowest BCUT2D eigenvalue weighted by atomic mass is 9.87. The Hall–Kier alpha value is -3.56. The van der Waals surface area contributed by atoms with E-state index in [9.17, 15) is 35.9 Å². The van der Waals surface area contributed by atoms with Gasteiger partial charge in [-0.3, -0.25) is 9.59 Å². The van der Waals surface area contributed by atoms with Gasteiger partial charge < -0.3 is 25.4 Å². The number of carbonyl (C=O) groups is 2. The van der Waals surface area contributed by atoms with Crippen LogP contribution in [0.1, 0.15) is 62.4 Å². The van der Waals surface area contributed by atoms with E-state index >= 15 is 0 Å². The van der Waals surface area contributed by atoms with E-state index < -0.39 is 42.2 Å². The van der Waals surface area contributed by atoms with Gasteiger partial charge in [0.2, 0.25) is 11.9 Å². The van der Waals surface area contributed by atoms with Crippen molar-refractivity contribution in [2.75, 3.05) is 29.9 Å². The maximum Gasteiger partial charge on any atom is 0.405 e. The molecular formula is C33H37Cl2F6N7O2. The van der Waals surface area contributed by atoms with Crippen LogP contribution in [0.4, 0.5) is 43.7 Å². The van der Waals surface area contributed by atoms with Crippen molar-refractivity contribution in [3.05, 3.63) is 45.4 Å². The molecule has 17 heteroatoms. The Bertz CT molecular complexity index is 1810. The number of aliphatic imine (C=N–C) groups is 1. The third kappa shape index (κ3) is 8.31. The lowest BCUT2D eigenvalue weighted by Gasteiger charge is -2.36. The summed E-state index contributed by atoms with van der Waals surface area (Å²) in [5.41, 5.74) is 1.47. The van der Waals surface area contributed by atoms with E-state index in [0.29, 0.717) is 28.0 Å². The Kier molecular flexibility index (Phi) is 10.7. The number of halogens is 8. The average Bonchev–Trinajstić information content (AvgIpc) is 3.34. The van der Waals surface area contributed by atoms with Gasteiger partial charge in [0.15, 0.2) is 0 Å². The van der Waals surface area contributed by atoms with Crippen LogP contribution in [0, 0.1) is 11.3 Å². The van der Waals surface area contributed by atoms with Crippen LogP contribution in [0.3, 0.4) is 0 Å². The van der Waals surface area contributed by atoms with Crippen molar-refractivity contribution in [3.8, 4) is 0 Å². The molecule has 1 aromatic heterocycles. The molecule has 1 saturated heterocycles. The van der Waals surface area contributed by atoms with Crippen LogP contribution in [0.15, 0.2) is 29.3 Å². The molecule has 1 atom stereocenters. The number of nitrogens with zero attached hydrogens (tertiary/aromatic N) is 4. The Morgan fingerprint density at radius 2 is 1.72 bits per heavy atom. The quantitative estimate of drug-likeness (QED) is 0.221. The molecule has 2 amide bonds. The summed E-state index contributed by atoms with van der Waals surface area (Å²) in [6, 6.07) is 4.41. The second-order valence-corrected chi connectivity index (χ2v) is 14.4. The first-order chi connectivity index (χ1) is 23.2. The molecule has 3 N–H and O–H groups in total. The molecule has 2 fully saturated rings. The highest BCUT2D eigenvalue weighted by atomic mass is 35.5. The first-order valence-electron chi connectivity index (χ1n) is 16.0. The van der Waals surface area contributed by atoms with Gasteiger partial charge in [0, 0.05) is 44.4 Å². The predicted molar refractivity (Wildman–Crippen MR) is 182 cm³/mol. The molecular weight excluding hydrogens is 711 g/mol. The maximum absolute atomic E-state index is 13.8. The van der Waals surface area contributed by atoms with E-state index in [-0.39, 0.29) is 78.5 Å². The standard InChI is InChI=1S/C33H37Cl2F6N7O2/c1-31(2,3)29(50)43-15-17-5-10-21(34)27(26(17)35)46-30-45-22-13-20(28(49)44-19-8-6-18(7-9-19)32(36,37)38)23(14-24(22)47(30)4)48-12-11-42-25(16-48)33(39,40)41/h5,10,13-14,18,25,42H,6-9,11-12,15-16H2,1-4H3,(H,43,50)(H,45,46). The Morgan fingerprint density at radius 1 is 1.04 bits per heavy atom. The van der Waals surface area contributed by atoms with Crippen LogP contribution in [0.2, 0.25) is 10.0 Å². The number of amides is 2. The summed E-state index contributed by atoms with van der Waals surface area (Å²) in [4.78, 5) is 36.3. The largest absolute Gasteiger partial charge is 0.405 e. The number of aromatic nitrogens is 2. The fraction of sp³-hybridized carbons (Fsp3) is 0.515. The van der Waals surface area contributed by atoms with Crippen LogP contribution in [-0.4, -0.2) is 65.1 Å². The first-order valence-corrected chi connectivity index (χ1v) is 16.7. The van der Waals surface area contributed by atoms with Crippen molar-refractivity contribution in [2.24, 2.45) is 23.4 Å². The molecule has 2 aromatic carbocycles. The van der Waals surface area contributed by atoms with Gasteiger partial charge in [0.1, 0.15) is 6.04 Å². The number of benzene rings is 2. The summed E-state index contributed by atoms with van der Waals surface area (Å²) in [5.74, 6) is -2.20. The number of nitrogens with one attached hydrogen (secondary N) is 3. The molecule has 0 radical (unpaired) electrons. The molecule has 50 heavy (non-hydrogen) atoms. The number of piperazine rings is 1. The molecule has 2 heterocycles. The normalized spacial score (nSPS) is 19.1. The van der Waals surface area contributed by atoms with Crippen molar-refractivity contribution >= 4 is 69.1 Å². The van der Waals surface area contributed by atoms with Gasteiger partial charge in [0.05, 0.1) is 43.9 Å². The van der Waals surface area contributed by atoms with Gasteiger partial charge in [-0.25, -0.2) is 9.98 Å². The Labute approximate surface area is 294 Å². The molecule has 1 unspecified atom stereocenters. The maximum atomic E-state index is 13.8. The molecule has 272 valence electrons. The number of aryl methyl sites for hydroxylation is 1. The van der Waals surface area contributed by atoms with Crippen LogP contribution in [-0.2, 0) is 18.4 Å². The smallest absolute Gasteiger partial charge is 0.368 e. The Balaban J connectivity index is 1.51. The number of rotatable bonds is 6. The number of hydrogen-bond donors (Lipinski definition) is 3. The van der Waals surface area contributed by atoms with Gasteiger partial charge in [0.25, 0.3) is 5.91 Å². The summed E-state index contributed by atoms with van der Waals surface area (Å²) < 4.78 is 82.5. The van der Waals surface area contributed by atoms with E-state index in [1.807, 2.05) is 0 Å². The van der Waals surface area contributed by atoms with Crippen molar-refractivity contribution in [2.45, 2.75) is 71.4 Å². The third-order valence-corrected chi connectivity index (χ3v) is 9.70. The summed E-state index contributed by atoms with van der Waals surface area (Å²) >= 11 is 13.2. The minimum absolute atomic E-state index is 0.00900. The summed E-state index contributed by atoms with van der Waals surface area (Å²) in [6.07, 6.45) is -9.32. The SMILES string of the molecule is Cn1c(Nc2c(Cl)ccc(CNC(=O)C(C)(C)C)c2Cl)nc2cc(C(=O)N=C3CCC(C(F)(F)F)CC3)c(N3CCNC(C(F)(F)F)C3)cc21. The highest BCUT2D eigenvalue weighted by Crippen LogP contribution is 2.39. The van der Waals surface area contributed by atoms with E-state index in [1.54, 1.807) is 50.6 Å². The molecule has 0 bridgehead atoms. The molecule has 9 nitrogen and oxygen atoms in total. The highest BCUT2D eigenvalue weighted by Gasteiger charge is 2.43. The number of hydrogen-bond acceptors (Lipinski definition) is 6. The van der Waals surface area contributed by atoms with Crippen molar-refractivity contribution < 1.29 is 35.9 Å². The van der Waals surface area contributed by atoms with E-state index in [0.717, 1.165) is 0 Å². The molecule has 2 aliphatic rings. The average molecular weight is 749 g/mol. The number of fused-ring (bicyclic) bond motifs is 1. The van der Waals surface area contributed by atoms with E-state index in [1.165, 1.54) is 11.0 Å².